The van der Waals surface area contributed by atoms with Crippen molar-refractivity contribution in [2.24, 2.45) is 0 Å². The van der Waals surface area contributed by atoms with E-state index in [0.29, 0.717) is 59.8 Å². The van der Waals surface area contributed by atoms with Crippen LogP contribution in [0.15, 0.2) is 59.4 Å². The van der Waals surface area contributed by atoms with Crippen LogP contribution in [0.3, 0.4) is 0 Å². The van der Waals surface area contributed by atoms with E-state index in [4.69, 9.17) is 9.47 Å². The van der Waals surface area contributed by atoms with Crippen LogP contribution in [-0.2, 0) is 6.54 Å². The number of anilines is 1. The van der Waals surface area contributed by atoms with E-state index in [1.807, 2.05) is 48.5 Å². The molecule has 1 fully saturated rings. The predicted octanol–water partition coefficient (Wildman–Crippen LogP) is 3.18. The fourth-order valence-electron chi connectivity index (χ4n) is 4.09. The van der Waals surface area contributed by atoms with Crippen LogP contribution >= 0.6 is 11.3 Å². The summed E-state index contributed by atoms with van der Waals surface area (Å²) in [5, 5.41) is 8.07. The van der Waals surface area contributed by atoms with E-state index >= 15 is 0 Å². The molecule has 1 saturated heterocycles. The second-order valence-electron chi connectivity index (χ2n) is 8.31. The third-order valence-corrected chi connectivity index (χ3v) is 6.97. The molecule has 4 aromatic rings. The molecule has 0 aliphatic carbocycles. The number of nitrogens with zero attached hydrogens (tertiary/aromatic N) is 5. The second kappa shape index (κ2) is 10.3. The Morgan fingerprint density at radius 1 is 1.03 bits per heavy atom. The summed E-state index contributed by atoms with van der Waals surface area (Å²) in [6.45, 7) is 3.03. The van der Waals surface area contributed by atoms with Crippen molar-refractivity contribution in [2.45, 2.75) is 6.54 Å². The Morgan fingerprint density at radius 3 is 2.61 bits per heavy atom. The lowest BCUT2D eigenvalue weighted by Gasteiger charge is -2.34. The summed E-state index contributed by atoms with van der Waals surface area (Å²) < 4.78 is 11.9. The van der Waals surface area contributed by atoms with Gasteiger partial charge in [-0.1, -0.05) is 35.6 Å². The third-order valence-electron chi connectivity index (χ3n) is 6.01. The summed E-state index contributed by atoms with van der Waals surface area (Å²) in [6.07, 6.45) is 0. The van der Waals surface area contributed by atoms with Crippen LogP contribution in [-0.4, -0.2) is 70.8 Å². The van der Waals surface area contributed by atoms with Gasteiger partial charge in [0.05, 0.1) is 25.6 Å². The molecular formula is C25H26N6O4S. The van der Waals surface area contributed by atoms with Gasteiger partial charge in [-0.15, -0.1) is 0 Å². The Kier molecular flexibility index (Phi) is 6.83. The highest BCUT2D eigenvalue weighted by molar-refractivity contribution is 7.19. The molecule has 1 N–H and O–H groups in total. The number of urea groups is 1. The highest BCUT2D eigenvalue weighted by atomic mass is 32.1. The number of carbonyl (C=O) groups excluding carboxylic acids is 1. The summed E-state index contributed by atoms with van der Waals surface area (Å²) in [5.74, 6) is 1.35. The molecule has 2 aromatic carbocycles. The van der Waals surface area contributed by atoms with Gasteiger partial charge >= 0.3 is 6.03 Å². The topological polar surface area (TPSA) is 101 Å². The number of para-hydroxylation sites is 2. The quantitative estimate of drug-likeness (QED) is 0.429. The number of hydrogen-bond donors (Lipinski definition) is 1. The van der Waals surface area contributed by atoms with Crippen LogP contribution < -0.4 is 20.3 Å². The predicted molar refractivity (Wildman–Crippen MR) is 138 cm³/mol. The molecule has 1 aliphatic rings. The number of methoxy groups -OCH3 is 2. The number of piperazine rings is 1. The number of aromatic nitrogens is 3. The van der Waals surface area contributed by atoms with Crippen molar-refractivity contribution in [3.63, 3.8) is 0 Å². The van der Waals surface area contributed by atoms with Gasteiger partial charge in [-0.2, -0.15) is 9.61 Å². The van der Waals surface area contributed by atoms with Crippen LogP contribution in [0.1, 0.15) is 5.69 Å². The minimum atomic E-state index is -0.213. The summed E-state index contributed by atoms with van der Waals surface area (Å²) in [6, 6.07) is 16.3. The molecule has 0 atom stereocenters. The van der Waals surface area contributed by atoms with E-state index < -0.39 is 0 Å². The molecule has 186 valence electrons. The van der Waals surface area contributed by atoms with Gasteiger partial charge in [0.1, 0.15) is 16.5 Å². The summed E-state index contributed by atoms with van der Waals surface area (Å²) in [4.78, 5) is 34.7. The second-order valence-corrected chi connectivity index (χ2v) is 9.27. The largest absolute Gasteiger partial charge is 0.497 e. The lowest BCUT2D eigenvalue weighted by Crippen LogP contribution is -2.49. The van der Waals surface area contributed by atoms with Crippen LogP contribution in [0.5, 0.6) is 11.5 Å². The molecule has 0 spiro atoms. The number of fused-ring (bicyclic) bond motifs is 1. The standard InChI is InChI=1S/C25H26N6O4S/c1-34-19-7-5-6-17(14-19)23-28-31-22(32)15-18(26-25(31)36-23)16-29-10-12-30(13-11-29)24(33)27-20-8-3-4-9-21(20)35-2/h3-9,14-15H,10-13,16H2,1-2H3,(H,27,33). The zero-order valence-corrected chi connectivity index (χ0v) is 20.8. The van der Waals surface area contributed by atoms with Crippen molar-refractivity contribution in [1.29, 1.82) is 0 Å². The normalized spacial score (nSPS) is 14.1. The zero-order valence-electron chi connectivity index (χ0n) is 20.0. The molecule has 2 amide bonds. The van der Waals surface area contributed by atoms with Crippen LogP contribution in [0, 0.1) is 0 Å². The number of benzene rings is 2. The van der Waals surface area contributed by atoms with Crippen molar-refractivity contribution < 1.29 is 14.3 Å². The van der Waals surface area contributed by atoms with E-state index in [9.17, 15) is 9.59 Å². The minimum absolute atomic E-state index is 0.160. The lowest BCUT2D eigenvalue weighted by molar-refractivity contribution is 0.142. The fraction of sp³-hybridized carbons (Fsp3) is 0.280. The Balaban J connectivity index is 1.23. The zero-order chi connectivity index (χ0) is 25.1. The maximum Gasteiger partial charge on any atom is 0.322 e. The first-order chi connectivity index (χ1) is 17.5. The number of ether oxygens (including phenoxy) is 2. The number of carbonyl (C=O) groups is 1. The van der Waals surface area contributed by atoms with Crippen molar-refractivity contribution in [3.05, 3.63) is 70.6 Å². The van der Waals surface area contributed by atoms with E-state index in [-0.39, 0.29) is 11.6 Å². The molecule has 0 unspecified atom stereocenters. The molecule has 1 aliphatic heterocycles. The average molecular weight is 507 g/mol. The molecule has 0 radical (unpaired) electrons. The lowest BCUT2D eigenvalue weighted by atomic mass is 10.2. The number of amides is 2. The minimum Gasteiger partial charge on any atom is -0.497 e. The molecule has 36 heavy (non-hydrogen) atoms. The first kappa shape index (κ1) is 23.8. The maximum atomic E-state index is 12.7. The molecule has 10 nitrogen and oxygen atoms in total. The van der Waals surface area contributed by atoms with Gasteiger partial charge in [-0.3, -0.25) is 9.69 Å². The fourth-order valence-corrected chi connectivity index (χ4v) is 5.01. The van der Waals surface area contributed by atoms with Crippen LogP contribution in [0.2, 0.25) is 0 Å². The number of rotatable bonds is 6. The SMILES string of the molecule is COc1cccc(-c2nn3c(=O)cc(CN4CCN(C(=O)Nc5ccccc5OC)CC4)nc3s2)c1. The van der Waals surface area contributed by atoms with E-state index in [0.717, 1.165) is 11.3 Å². The monoisotopic (exact) mass is 506 g/mol. The van der Waals surface area contributed by atoms with Crippen molar-refractivity contribution in [1.82, 2.24) is 24.4 Å². The highest BCUT2D eigenvalue weighted by Crippen LogP contribution is 2.27. The Bertz CT molecular complexity index is 1440. The number of hydrogen-bond acceptors (Lipinski definition) is 8. The molecule has 0 bridgehead atoms. The van der Waals surface area contributed by atoms with Crippen LogP contribution in [0.25, 0.3) is 15.5 Å². The highest BCUT2D eigenvalue weighted by Gasteiger charge is 2.23. The molecule has 11 heteroatoms. The third kappa shape index (κ3) is 5.02. The summed E-state index contributed by atoms with van der Waals surface area (Å²) in [7, 11) is 3.19. The van der Waals surface area contributed by atoms with Gasteiger partial charge in [0.2, 0.25) is 4.96 Å². The Morgan fingerprint density at radius 2 is 1.83 bits per heavy atom. The summed E-state index contributed by atoms with van der Waals surface area (Å²) in [5.41, 5.74) is 1.99. The maximum absolute atomic E-state index is 12.7. The molecular weight excluding hydrogens is 480 g/mol. The summed E-state index contributed by atoms with van der Waals surface area (Å²) >= 11 is 1.36. The first-order valence-electron chi connectivity index (χ1n) is 11.5. The van der Waals surface area contributed by atoms with Gasteiger partial charge in [-0.05, 0) is 24.3 Å². The Hall–Kier alpha value is -3.96. The van der Waals surface area contributed by atoms with Gasteiger partial charge in [0.15, 0.2) is 0 Å². The van der Waals surface area contributed by atoms with Gasteiger partial charge in [0, 0.05) is 44.4 Å². The Labute approximate surface area is 211 Å². The van der Waals surface area contributed by atoms with E-state index in [1.54, 1.807) is 19.1 Å². The van der Waals surface area contributed by atoms with Crippen LogP contribution in [0.4, 0.5) is 10.5 Å². The molecule has 2 aromatic heterocycles. The molecule has 3 heterocycles. The van der Waals surface area contributed by atoms with E-state index in [1.165, 1.54) is 21.9 Å². The number of nitrogens with one attached hydrogen (secondary N) is 1. The van der Waals surface area contributed by atoms with Gasteiger partial charge in [0.25, 0.3) is 5.56 Å². The van der Waals surface area contributed by atoms with Gasteiger partial charge in [-0.25, -0.2) is 9.78 Å². The van der Waals surface area contributed by atoms with Crippen molar-refractivity contribution in [3.8, 4) is 22.1 Å². The van der Waals surface area contributed by atoms with Gasteiger partial charge < -0.3 is 19.7 Å². The molecule has 5 rings (SSSR count). The first-order valence-corrected chi connectivity index (χ1v) is 12.3. The van der Waals surface area contributed by atoms with Crippen molar-refractivity contribution >= 4 is 28.0 Å². The smallest absolute Gasteiger partial charge is 0.322 e. The molecule has 0 saturated carbocycles. The average Bonchev–Trinajstić information content (AvgIpc) is 3.34. The van der Waals surface area contributed by atoms with E-state index in [2.05, 4.69) is 20.3 Å². The van der Waals surface area contributed by atoms with Crippen molar-refractivity contribution in [2.75, 3.05) is 45.7 Å².